The monoisotopic (exact) mass is 298 g/mol. The van der Waals surface area contributed by atoms with Crippen molar-refractivity contribution in [1.82, 2.24) is 0 Å². The third-order valence-electron chi connectivity index (χ3n) is 3.80. The minimum atomic E-state index is -0.928. The summed E-state index contributed by atoms with van der Waals surface area (Å²) < 4.78 is 13.9. The van der Waals surface area contributed by atoms with Crippen molar-refractivity contribution in [3.63, 3.8) is 0 Å². The van der Waals surface area contributed by atoms with E-state index in [1.807, 2.05) is 0 Å². The summed E-state index contributed by atoms with van der Waals surface area (Å²) in [7, 11) is 0. The second kappa shape index (κ2) is 7.59. The van der Waals surface area contributed by atoms with Gasteiger partial charge in [-0.05, 0) is 37.8 Å². The number of aliphatic hydroxyl groups excluding tert-OH is 3. The number of rotatable bonds is 6. The third kappa shape index (κ3) is 4.56. The average molecular weight is 298 g/mol. The van der Waals surface area contributed by atoms with E-state index in [2.05, 4.69) is 10.6 Å². The first-order chi connectivity index (χ1) is 10.1. The average Bonchev–Trinajstić information content (AvgIpc) is 2.48. The highest BCUT2D eigenvalue weighted by molar-refractivity contribution is 5.69. The lowest BCUT2D eigenvalue weighted by molar-refractivity contribution is 0.105. The standard InChI is InChI=1S/C15H23FN2O3/c16-13-2-1-3-14(15(13)17-8-12(21)9-19)18-10-4-6-11(20)7-5-10/h1-3,10-12,17-21H,4-9H2. The van der Waals surface area contributed by atoms with Gasteiger partial charge < -0.3 is 26.0 Å². The molecule has 0 saturated heterocycles. The molecule has 1 unspecified atom stereocenters. The van der Waals surface area contributed by atoms with Gasteiger partial charge in [0, 0.05) is 12.6 Å². The molecule has 1 aromatic rings. The topological polar surface area (TPSA) is 84.8 Å². The predicted molar refractivity (Wildman–Crippen MR) is 79.9 cm³/mol. The van der Waals surface area contributed by atoms with Crippen molar-refractivity contribution in [3.8, 4) is 0 Å². The maximum absolute atomic E-state index is 13.9. The van der Waals surface area contributed by atoms with Crippen LogP contribution in [0.3, 0.4) is 0 Å². The lowest BCUT2D eigenvalue weighted by Gasteiger charge is -2.28. The van der Waals surface area contributed by atoms with Gasteiger partial charge >= 0.3 is 0 Å². The van der Waals surface area contributed by atoms with Crippen molar-refractivity contribution in [3.05, 3.63) is 24.0 Å². The van der Waals surface area contributed by atoms with Crippen LogP contribution in [0.1, 0.15) is 25.7 Å². The van der Waals surface area contributed by atoms with Gasteiger partial charge in [0.15, 0.2) is 0 Å². The summed E-state index contributed by atoms with van der Waals surface area (Å²) in [6.07, 6.45) is 2.03. The van der Waals surface area contributed by atoms with Crippen LogP contribution >= 0.6 is 0 Å². The Morgan fingerprint density at radius 2 is 1.95 bits per heavy atom. The highest BCUT2D eigenvalue weighted by atomic mass is 19.1. The van der Waals surface area contributed by atoms with Gasteiger partial charge in [-0.15, -0.1) is 0 Å². The van der Waals surface area contributed by atoms with Gasteiger partial charge in [-0.3, -0.25) is 0 Å². The highest BCUT2D eigenvalue weighted by Gasteiger charge is 2.20. The summed E-state index contributed by atoms with van der Waals surface area (Å²) in [5, 5.41) is 33.8. The SMILES string of the molecule is OCC(O)CNc1c(F)cccc1NC1CCC(O)CC1. The number of anilines is 2. The van der Waals surface area contributed by atoms with Crippen molar-refractivity contribution in [2.75, 3.05) is 23.8 Å². The Labute approximate surface area is 123 Å². The predicted octanol–water partition coefficient (Wildman–Crippen LogP) is 1.31. The zero-order valence-electron chi connectivity index (χ0n) is 11.9. The lowest BCUT2D eigenvalue weighted by Crippen LogP contribution is -2.29. The molecule has 0 bridgehead atoms. The number of aliphatic hydroxyl groups is 3. The van der Waals surface area contributed by atoms with Crippen molar-refractivity contribution in [2.24, 2.45) is 0 Å². The number of hydrogen-bond donors (Lipinski definition) is 5. The maximum Gasteiger partial charge on any atom is 0.148 e. The Hall–Kier alpha value is -1.37. The molecule has 1 aliphatic carbocycles. The summed E-state index contributed by atoms with van der Waals surface area (Å²) in [6.45, 7) is -0.291. The van der Waals surface area contributed by atoms with Crippen molar-refractivity contribution in [1.29, 1.82) is 0 Å². The van der Waals surface area contributed by atoms with Crippen LogP contribution < -0.4 is 10.6 Å². The largest absolute Gasteiger partial charge is 0.394 e. The molecule has 2 rings (SSSR count). The summed E-state index contributed by atoms with van der Waals surface area (Å²) >= 11 is 0. The van der Waals surface area contributed by atoms with Gasteiger partial charge in [-0.1, -0.05) is 6.07 Å². The van der Waals surface area contributed by atoms with Gasteiger partial charge in [-0.2, -0.15) is 0 Å². The Kier molecular flexibility index (Phi) is 5.78. The molecule has 21 heavy (non-hydrogen) atoms. The van der Waals surface area contributed by atoms with Crippen molar-refractivity contribution < 1.29 is 19.7 Å². The fourth-order valence-electron chi connectivity index (χ4n) is 2.55. The Morgan fingerprint density at radius 3 is 2.62 bits per heavy atom. The van der Waals surface area contributed by atoms with Crippen LogP contribution in [0.15, 0.2) is 18.2 Å². The lowest BCUT2D eigenvalue weighted by atomic mass is 9.93. The molecule has 0 radical (unpaired) electrons. The fraction of sp³-hybridized carbons (Fsp3) is 0.600. The number of para-hydroxylation sites is 1. The summed E-state index contributed by atoms with van der Waals surface area (Å²) in [6, 6.07) is 4.97. The van der Waals surface area contributed by atoms with Crippen molar-refractivity contribution >= 4 is 11.4 Å². The molecule has 6 heteroatoms. The molecule has 1 aromatic carbocycles. The molecule has 0 heterocycles. The maximum atomic E-state index is 13.9. The molecule has 1 aliphatic rings. The molecule has 118 valence electrons. The van der Waals surface area contributed by atoms with Crippen LogP contribution in [-0.2, 0) is 0 Å². The molecule has 1 atom stereocenters. The van der Waals surface area contributed by atoms with Crippen LogP contribution in [-0.4, -0.2) is 46.7 Å². The number of benzene rings is 1. The second-order valence-electron chi connectivity index (χ2n) is 5.53. The van der Waals surface area contributed by atoms with E-state index in [9.17, 15) is 14.6 Å². The van der Waals surface area contributed by atoms with Crippen LogP contribution in [0.5, 0.6) is 0 Å². The van der Waals surface area contributed by atoms with E-state index in [1.54, 1.807) is 12.1 Å². The van der Waals surface area contributed by atoms with Crippen LogP contribution in [0, 0.1) is 5.82 Å². The zero-order chi connectivity index (χ0) is 15.2. The first kappa shape index (κ1) is 16.0. The van der Waals surface area contributed by atoms with E-state index in [-0.39, 0.29) is 25.3 Å². The molecule has 5 N–H and O–H groups in total. The van der Waals surface area contributed by atoms with E-state index in [0.29, 0.717) is 11.4 Å². The van der Waals surface area contributed by atoms with Gasteiger partial charge in [0.1, 0.15) is 5.82 Å². The normalized spacial score (nSPS) is 23.6. The first-order valence-electron chi connectivity index (χ1n) is 7.36. The van der Waals surface area contributed by atoms with Gasteiger partial charge in [0.2, 0.25) is 0 Å². The Balaban J connectivity index is 2.02. The van der Waals surface area contributed by atoms with Gasteiger partial charge in [-0.25, -0.2) is 4.39 Å². The minimum absolute atomic E-state index is 0.0789. The van der Waals surface area contributed by atoms with Crippen molar-refractivity contribution in [2.45, 2.75) is 43.9 Å². The third-order valence-corrected chi connectivity index (χ3v) is 3.80. The van der Waals surface area contributed by atoms with Crippen LogP contribution in [0.25, 0.3) is 0 Å². The summed E-state index contributed by atoms with van der Waals surface area (Å²) in [5.41, 5.74) is 0.942. The van der Waals surface area contributed by atoms with Crippen LogP contribution in [0.4, 0.5) is 15.8 Å². The zero-order valence-corrected chi connectivity index (χ0v) is 11.9. The first-order valence-corrected chi connectivity index (χ1v) is 7.36. The molecular weight excluding hydrogens is 275 g/mol. The van der Waals surface area contributed by atoms with E-state index in [1.165, 1.54) is 6.07 Å². The van der Waals surface area contributed by atoms with Gasteiger partial charge in [0.05, 0.1) is 30.2 Å². The quantitative estimate of drug-likeness (QED) is 0.547. The van der Waals surface area contributed by atoms with E-state index in [4.69, 9.17) is 5.11 Å². The molecule has 0 aromatic heterocycles. The number of halogens is 1. The van der Waals surface area contributed by atoms with E-state index < -0.39 is 11.9 Å². The number of hydrogen-bond acceptors (Lipinski definition) is 5. The summed E-state index contributed by atoms with van der Waals surface area (Å²) in [4.78, 5) is 0. The summed E-state index contributed by atoms with van der Waals surface area (Å²) in [5.74, 6) is -0.402. The Bertz CT molecular complexity index is 451. The number of nitrogens with one attached hydrogen (secondary N) is 2. The molecule has 0 amide bonds. The van der Waals surface area contributed by atoms with Crippen LogP contribution in [0.2, 0.25) is 0 Å². The fourth-order valence-corrected chi connectivity index (χ4v) is 2.55. The molecule has 1 saturated carbocycles. The molecular formula is C15H23FN2O3. The Morgan fingerprint density at radius 1 is 1.24 bits per heavy atom. The minimum Gasteiger partial charge on any atom is -0.394 e. The molecule has 5 nitrogen and oxygen atoms in total. The molecule has 0 spiro atoms. The van der Waals surface area contributed by atoms with E-state index >= 15 is 0 Å². The second-order valence-corrected chi connectivity index (χ2v) is 5.53. The smallest absolute Gasteiger partial charge is 0.148 e. The van der Waals surface area contributed by atoms with Gasteiger partial charge in [0.25, 0.3) is 0 Å². The molecule has 0 aliphatic heterocycles. The molecule has 1 fully saturated rings. The van der Waals surface area contributed by atoms with E-state index in [0.717, 1.165) is 25.7 Å². The highest BCUT2D eigenvalue weighted by Crippen LogP contribution is 2.29.